The van der Waals surface area contributed by atoms with Crippen LogP contribution in [0.3, 0.4) is 0 Å². The van der Waals surface area contributed by atoms with Gasteiger partial charge in [-0.05, 0) is 41.7 Å². The predicted octanol–water partition coefficient (Wildman–Crippen LogP) is 5.58. The van der Waals surface area contributed by atoms with Crippen molar-refractivity contribution < 1.29 is 0 Å². The molecule has 1 aliphatic heterocycles. The van der Waals surface area contributed by atoms with Gasteiger partial charge in [-0.1, -0.05) is 50.7 Å². The van der Waals surface area contributed by atoms with Crippen molar-refractivity contribution in [2.75, 3.05) is 5.32 Å². The highest BCUT2D eigenvalue weighted by atomic mass is 32.2. The van der Waals surface area contributed by atoms with Crippen molar-refractivity contribution in [1.82, 2.24) is 0 Å². The highest BCUT2D eigenvalue weighted by Gasteiger charge is 2.21. The van der Waals surface area contributed by atoms with Gasteiger partial charge < -0.3 is 5.32 Å². The van der Waals surface area contributed by atoms with Gasteiger partial charge in [0.15, 0.2) is 0 Å². The average molecular weight is 269 g/mol. The molecule has 0 amide bonds. The molecule has 0 aliphatic carbocycles. The Morgan fingerprint density at radius 3 is 2.53 bits per heavy atom. The molecule has 1 heterocycles. The van der Waals surface area contributed by atoms with Crippen LogP contribution in [0, 0.1) is 0 Å². The fourth-order valence-corrected chi connectivity index (χ4v) is 3.23. The van der Waals surface area contributed by atoms with Gasteiger partial charge in [0.2, 0.25) is 0 Å². The second kappa shape index (κ2) is 4.61. The molecule has 98 valence electrons. The summed E-state index contributed by atoms with van der Waals surface area (Å²) in [4.78, 5) is 2.62. The topological polar surface area (TPSA) is 12.0 Å². The van der Waals surface area contributed by atoms with Gasteiger partial charge in [-0.2, -0.15) is 0 Å². The summed E-state index contributed by atoms with van der Waals surface area (Å²) >= 11 is 1.85. The Morgan fingerprint density at radius 2 is 1.74 bits per heavy atom. The minimum atomic E-state index is 0.234. The van der Waals surface area contributed by atoms with Gasteiger partial charge in [-0.25, -0.2) is 0 Å². The van der Waals surface area contributed by atoms with Crippen LogP contribution in [0.15, 0.2) is 52.3 Å². The van der Waals surface area contributed by atoms with Crippen LogP contribution in [0.1, 0.15) is 32.8 Å². The summed E-state index contributed by atoms with van der Waals surface area (Å²) in [5, 5.41) is 3.56. The van der Waals surface area contributed by atoms with Gasteiger partial charge in [0.05, 0.1) is 11.4 Å². The molecule has 0 bridgehead atoms. The van der Waals surface area contributed by atoms with Crippen molar-refractivity contribution in [2.45, 2.75) is 42.4 Å². The number of fused-ring (bicyclic) bond motifs is 2. The van der Waals surface area contributed by atoms with Gasteiger partial charge in [0, 0.05) is 9.79 Å². The van der Waals surface area contributed by atoms with E-state index in [4.69, 9.17) is 0 Å². The van der Waals surface area contributed by atoms with Crippen LogP contribution < -0.4 is 5.32 Å². The molecular formula is C17H19NS. The van der Waals surface area contributed by atoms with E-state index in [9.17, 15) is 0 Å². The van der Waals surface area contributed by atoms with E-state index in [1.807, 2.05) is 11.8 Å². The minimum absolute atomic E-state index is 0.234. The van der Waals surface area contributed by atoms with Crippen LogP contribution in [-0.4, -0.2) is 0 Å². The largest absolute Gasteiger partial charge is 0.354 e. The van der Waals surface area contributed by atoms with Gasteiger partial charge in [0.25, 0.3) is 0 Å². The van der Waals surface area contributed by atoms with E-state index in [2.05, 4.69) is 68.6 Å². The molecule has 2 aromatic carbocycles. The quantitative estimate of drug-likeness (QED) is 0.651. The van der Waals surface area contributed by atoms with Gasteiger partial charge in [0.1, 0.15) is 0 Å². The maximum absolute atomic E-state index is 3.56. The van der Waals surface area contributed by atoms with E-state index < -0.39 is 0 Å². The van der Waals surface area contributed by atoms with E-state index in [1.54, 1.807) is 0 Å². The molecule has 0 radical (unpaired) electrons. The SMILES string of the molecule is CCC(C)(C)c1ccc2c(c1)Nc1ccccc1S2. The summed E-state index contributed by atoms with van der Waals surface area (Å²) in [6.07, 6.45) is 1.15. The van der Waals surface area contributed by atoms with Crippen LogP contribution >= 0.6 is 11.8 Å². The first-order valence-corrected chi connectivity index (χ1v) is 7.60. The van der Waals surface area contributed by atoms with Crippen molar-refractivity contribution in [2.24, 2.45) is 0 Å². The van der Waals surface area contributed by atoms with Crippen LogP contribution in [0.5, 0.6) is 0 Å². The summed E-state index contributed by atoms with van der Waals surface area (Å²) in [5.41, 5.74) is 4.09. The summed E-state index contributed by atoms with van der Waals surface area (Å²) in [6, 6.07) is 15.3. The molecule has 0 saturated carbocycles. The van der Waals surface area contributed by atoms with Crippen LogP contribution in [0.4, 0.5) is 11.4 Å². The molecule has 1 aliphatic rings. The van der Waals surface area contributed by atoms with Gasteiger partial charge in [-0.3, -0.25) is 0 Å². The molecule has 0 fully saturated rings. The zero-order chi connectivity index (χ0) is 13.5. The Bertz CT molecular complexity index is 616. The summed E-state index contributed by atoms with van der Waals surface area (Å²) in [5.74, 6) is 0. The number of hydrogen-bond acceptors (Lipinski definition) is 2. The average Bonchev–Trinajstić information content (AvgIpc) is 2.44. The highest BCUT2D eigenvalue weighted by Crippen LogP contribution is 2.45. The molecule has 0 aromatic heterocycles. The molecular weight excluding hydrogens is 250 g/mol. The lowest BCUT2D eigenvalue weighted by Crippen LogP contribution is -2.16. The molecule has 2 heteroatoms. The van der Waals surface area contributed by atoms with Crippen LogP contribution in [-0.2, 0) is 5.41 Å². The third-order valence-corrected chi connectivity index (χ3v) is 5.17. The van der Waals surface area contributed by atoms with E-state index in [0.717, 1.165) is 6.42 Å². The zero-order valence-electron chi connectivity index (χ0n) is 11.7. The second-order valence-corrected chi connectivity index (χ2v) is 6.76. The molecule has 3 rings (SSSR count). The van der Waals surface area contributed by atoms with Gasteiger partial charge in [-0.15, -0.1) is 0 Å². The lowest BCUT2D eigenvalue weighted by atomic mass is 9.82. The molecule has 1 N–H and O–H groups in total. The second-order valence-electron chi connectivity index (χ2n) is 5.67. The molecule has 0 atom stereocenters. The Morgan fingerprint density at radius 1 is 1.00 bits per heavy atom. The van der Waals surface area contributed by atoms with Crippen molar-refractivity contribution in [3.05, 3.63) is 48.0 Å². The maximum Gasteiger partial charge on any atom is 0.0529 e. The predicted molar refractivity (Wildman–Crippen MR) is 83.6 cm³/mol. The van der Waals surface area contributed by atoms with Crippen molar-refractivity contribution in [3.8, 4) is 0 Å². The van der Waals surface area contributed by atoms with Crippen molar-refractivity contribution >= 4 is 23.1 Å². The lowest BCUT2D eigenvalue weighted by Gasteiger charge is -2.27. The summed E-state index contributed by atoms with van der Waals surface area (Å²) in [7, 11) is 0. The molecule has 0 spiro atoms. The smallest absolute Gasteiger partial charge is 0.0529 e. The number of benzene rings is 2. The number of hydrogen-bond donors (Lipinski definition) is 1. The number of para-hydroxylation sites is 1. The molecule has 2 aromatic rings. The van der Waals surface area contributed by atoms with Crippen molar-refractivity contribution in [1.29, 1.82) is 0 Å². The Hall–Kier alpha value is -1.41. The molecule has 1 nitrogen and oxygen atoms in total. The molecule has 19 heavy (non-hydrogen) atoms. The minimum Gasteiger partial charge on any atom is -0.354 e. The monoisotopic (exact) mass is 269 g/mol. The van der Waals surface area contributed by atoms with Crippen LogP contribution in [0.2, 0.25) is 0 Å². The Labute approximate surface area is 119 Å². The standard InChI is InChI=1S/C17H19NS/c1-4-17(2,3)12-9-10-16-14(11-12)18-13-7-5-6-8-15(13)19-16/h5-11,18H,4H2,1-3H3. The Kier molecular flexibility index (Phi) is 3.06. The maximum atomic E-state index is 3.56. The fraction of sp³-hybridized carbons (Fsp3) is 0.294. The van der Waals surface area contributed by atoms with E-state index in [0.29, 0.717) is 0 Å². The van der Waals surface area contributed by atoms with E-state index in [1.165, 1.54) is 26.7 Å². The first kappa shape index (κ1) is 12.6. The zero-order valence-corrected chi connectivity index (χ0v) is 12.5. The van der Waals surface area contributed by atoms with Crippen LogP contribution in [0.25, 0.3) is 0 Å². The van der Waals surface area contributed by atoms with E-state index >= 15 is 0 Å². The lowest BCUT2D eigenvalue weighted by molar-refractivity contribution is 0.506. The highest BCUT2D eigenvalue weighted by molar-refractivity contribution is 7.99. The number of rotatable bonds is 2. The first-order valence-electron chi connectivity index (χ1n) is 6.78. The molecule has 0 unspecified atom stereocenters. The summed E-state index contributed by atoms with van der Waals surface area (Å²) in [6.45, 7) is 6.86. The first-order chi connectivity index (χ1) is 9.10. The normalized spacial score (nSPS) is 13.4. The van der Waals surface area contributed by atoms with Gasteiger partial charge >= 0.3 is 0 Å². The van der Waals surface area contributed by atoms with E-state index in [-0.39, 0.29) is 5.41 Å². The fourth-order valence-electron chi connectivity index (χ4n) is 2.26. The molecule has 0 saturated heterocycles. The van der Waals surface area contributed by atoms with Crippen molar-refractivity contribution in [3.63, 3.8) is 0 Å². The third-order valence-electron chi connectivity index (χ3n) is 4.02. The summed E-state index contributed by atoms with van der Waals surface area (Å²) < 4.78 is 0. The number of nitrogens with one attached hydrogen (secondary N) is 1. The number of anilines is 2. The third kappa shape index (κ3) is 2.25. The Balaban J connectivity index is 2.01.